The van der Waals surface area contributed by atoms with Crippen LogP contribution < -0.4 is 5.32 Å². The lowest BCUT2D eigenvalue weighted by molar-refractivity contribution is 0.349. The molecule has 0 aliphatic heterocycles. The third-order valence-electron chi connectivity index (χ3n) is 3.61. The van der Waals surface area contributed by atoms with Crippen molar-refractivity contribution in [2.75, 3.05) is 13.6 Å². The van der Waals surface area contributed by atoms with E-state index in [0.717, 1.165) is 24.9 Å². The number of hydrogen-bond donors (Lipinski definition) is 1. The van der Waals surface area contributed by atoms with Crippen LogP contribution in [-0.2, 0) is 16.6 Å². The van der Waals surface area contributed by atoms with Gasteiger partial charge in [-0.1, -0.05) is 32.9 Å². The number of benzene rings is 1. The Morgan fingerprint density at radius 2 is 1.85 bits per heavy atom. The summed E-state index contributed by atoms with van der Waals surface area (Å²) in [7, 11) is -1.73. The monoisotopic (exact) mass is 298 g/mol. The predicted octanol–water partition coefficient (Wildman–Crippen LogP) is 2.61. The van der Waals surface area contributed by atoms with Gasteiger partial charge in [0.1, 0.15) is 0 Å². The van der Waals surface area contributed by atoms with Crippen LogP contribution in [0.25, 0.3) is 0 Å². The molecular formula is C15H26N2O2S. The van der Waals surface area contributed by atoms with Gasteiger partial charge in [0.05, 0.1) is 4.90 Å². The van der Waals surface area contributed by atoms with Crippen LogP contribution in [0.1, 0.15) is 39.2 Å². The Kier molecular flexibility index (Phi) is 6.65. The van der Waals surface area contributed by atoms with Crippen LogP contribution >= 0.6 is 0 Å². The minimum Gasteiger partial charge on any atom is -0.313 e. The van der Waals surface area contributed by atoms with Crippen LogP contribution in [0, 0.1) is 0 Å². The standard InChI is InChI=1S/C15H26N2O2S/c1-5-14(6-2)17(4)20(18,19)15-10-8-9-13(11-15)12-16-7-3/h8-11,14,16H,5-7,12H2,1-4H3. The molecule has 0 heterocycles. The highest BCUT2D eigenvalue weighted by Gasteiger charge is 2.25. The summed E-state index contributed by atoms with van der Waals surface area (Å²) in [6.07, 6.45) is 1.65. The highest BCUT2D eigenvalue weighted by Crippen LogP contribution is 2.20. The van der Waals surface area contributed by atoms with Crippen molar-refractivity contribution in [1.29, 1.82) is 0 Å². The van der Waals surface area contributed by atoms with Gasteiger partial charge in [0.15, 0.2) is 0 Å². The molecule has 1 rings (SSSR count). The van der Waals surface area contributed by atoms with Crippen molar-refractivity contribution < 1.29 is 8.42 Å². The highest BCUT2D eigenvalue weighted by atomic mass is 32.2. The summed E-state index contributed by atoms with van der Waals surface area (Å²) in [5.41, 5.74) is 0.992. The van der Waals surface area contributed by atoms with Crippen LogP contribution in [0.4, 0.5) is 0 Å². The van der Waals surface area contributed by atoms with Crippen molar-refractivity contribution in [1.82, 2.24) is 9.62 Å². The third-order valence-corrected chi connectivity index (χ3v) is 5.52. The number of nitrogens with one attached hydrogen (secondary N) is 1. The first-order valence-electron chi connectivity index (χ1n) is 7.25. The lowest BCUT2D eigenvalue weighted by Crippen LogP contribution is -2.36. The van der Waals surface area contributed by atoms with E-state index in [1.807, 2.05) is 26.8 Å². The SMILES string of the molecule is CCNCc1cccc(S(=O)(=O)N(C)C(CC)CC)c1. The van der Waals surface area contributed by atoms with Crippen molar-refractivity contribution in [2.45, 2.75) is 51.1 Å². The molecule has 5 heteroatoms. The van der Waals surface area contributed by atoms with Crippen LogP contribution in [-0.4, -0.2) is 32.4 Å². The van der Waals surface area contributed by atoms with Crippen LogP contribution in [0.5, 0.6) is 0 Å². The van der Waals surface area contributed by atoms with E-state index in [-0.39, 0.29) is 6.04 Å². The maximum atomic E-state index is 12.6. The van der Waals surface area contributed by atoms with E-state index in [1.54, 1.807) is 25.2 Å². The number of sulfonamides is 1. The molecule has 0 unspecified atom stereocenters. The molecule has 0 saturated heterocycles. The van der Waals surface area contributed by atoms with Gasteiger partial charge in [0, 0.05) is 19.6 Å². The lowest BCUT2D eigenvalue weighted by atomic mass is 10.2. The summed E-state index contributed by atoms with van der Waals surface area (Å²) in [6.45, 7) is 7.62. The normalized spacial score (nSPS) is 12.3. The molecule has 0 amide bonds. The molecule has 0 aromatic heterocycles. The number of hydrogen-bond acceptors (Lipinski definition) is 3. The van der Waals surface area contributed by atoms with Gasteiger partial charge in [0.2, 0.25) is 10.0 Å². The third kappa shape index (κ3) is 4.04. The molecule has 0 saturated carbocycles. The Bertz CT molecular complexity index is 510. The van der Waals surface area contributed by atoms with E-state index in [4.69, 9.17) is 0 Å². The molecule has 0 aliphatic rings. The first-order valence-corrected chi connectivity index (χ1v) is 8.69. The molecule has 0 atom stereocenters. The van der Waals surface area contributed by atoms with Gasteiger partial charge in [-0.05, 0) is 37.1 Å². The second kappa shape index (κ2) is 7.76. The summed E-state index contributed by atoms with van der Waals surface area (Å²) in [5, 5.41) is 3.21. The Balaban J connectivity index is 3.02. The molecule has 0 bridgehead atoms. The fourth-order valence-electron chi connectivity index (χ4n) is 2.25. The van der Waals surface area contributed by atoms with Crippen molar-refractivity contribution in [3.8, 4) is 0 Å². The van der Waals surface area contributed by atoms with Gasteiger partial charge in [-0.25, -0.2) is 8.42 Å². The quantitative estimate of drug-likeness (QED) is 0.802. The lowest BCUT2D eigenvalue weighted by Gasteiger charge is -2.25. The smallest absolute Gasteiger partial charge is 0.243 e. The fourth-order valence-corrected chi connectivity index (χ4v) is 3.82. The largest absolute Gasteiger partial charge is 0.313 e. The zero-order valence-electron chi connectivity index (χ0n) is 12.9. The van der Waals surface area contributed by atoms with E-state index in [9.17, 15) is 8.42 Å². The van der Waals surface area contributed by atoms with E-state index in [0.29, 0.717) is 11.4 Å². The van der Waals surface area contributed by atoms with Gasteiger partial charge in [-0.2, -0.15) is 4.31 Å². The maximum Gasteiger partial charge on any atom is 0.243 e. The maximum absolute atomic E-state index is 12.6. The van der Waals surface area contributed by atoms with E-state index in [1.165, 1.54) is 4.31 Å². The molecule has 1 N–H and O–H groups in total. The van der Waals surface area contributed by atoms with Crippen molar-refractivity contribution in [3.05, 3.63) is 29.8 Å². The molecule has 1 aromatic rings. The molecular weight excluding hydrogens is 272 g/mol. The summed E-state index contributed by atoms with van der Waals surface area (Å²) >= 11 is 0. The molecule has 0 aliphatic carbocycles. The van der Waals surface area contributed by atoms with Crippen LogP contribution in [0.15, 0.2) is 29.2 Å². The Morgan fingerprint density at radius 3 is 2.40 bits per heavy atom. The van der Waals surface area contributed by atoms with Crippen LogP contribution in [0.2, 0.25) is 0 Å². The average molecular weight is 298 g/mol. The van der Waals surface area contributed by atoms with Gasteiger partial charge < -0.3 is 5.32 Å². The Hall–Kier alpha value is -0.910. The van der Waals surface area contributed by atoms with Gasteiger partial charge >= 0.3 is 0 Å². The summed E-state index contributed by atoms with van der Waals surface area (Å²) < 4.78 is 26.7. The molecule has 114 valence electrons. The first kappa shape index (κ1) is 17.1. The minimum atomic E-state index is -3.40. The molecule has 4 nitrogen and oxygen atoms in total. The Morgan fingerprint density at radius 1 is 1.20 bits per heavy atom. The molecule has 20 heavy (non-hydrogen) atoms. The first-order chi connectivity index (χ1) is 9.47. The van der Waals surface area contributed by atoms with E-state index >= 15 is 0 Å². The van der Waals surface area contributed by atoms with E-state index in [2.05, 4.69) is 5.32 Å². The van der Waals surface area contributed by atoms with Crippen molar-refractivity contribution in [2.24, 2.45) is 0 Å². The minimum absolute atomic E-state index is 0.0532. The fraction of sp³-hybridized carbons (Fsp3) is 0.600. The zero-order chi connectivity index (χ0) is 15.2. The summed E-state index contributed by atoms with van der Waals surface area (Å²) in [5.74, 6) is 0. The zero-order valence-corrected chi connectivity index (χ0v) is 13.7. The van der Waals surface area contributed by atoms with Crippen LogP contribution in [0.3, 0.4) is 0 Å². The highest BCUT2D eigenvalue weighted by molar-refractivity contribution is 7.89. The average Bonchev–Trinajstić information content (AvgIpc) is 2.46. The topological polar surface area (TPSA) is 49.4 Å². The van der Waals surface area contributed by atoms with E-state index < -0.39 is 10.0 Å². The summed E-state index contributed by atoms with van der Waals surface area (Å²) in [6, 6.07) is 7.23. The second-order valence-electron chi connectivity index (χ2n) is 4.92. The second-order valence-corrected chi connectivity index (χ2v) is 6.92. The number of nitrogens with zero attached hydrogens (tertiary/aromatic N) is 1. The van der Waals surface area contributed by atoms with Gasteiger partial charge in [0.25, 0.3) is 0 Å². The summed E-state index contributed by atoms with van der Waals surface area (Å²) in [4.78, 5) is 0.377. The van der Waals surface area contributed by atoms with Crippen molar-refractivity contribution in [3.63, 3.8) is 0 Å². The van der Waals surface area contributed by atoms with Gasteiger partial charge in [-0.15, -0.1) is 0 Å². The molecule has 0 fully saturated rings. The van der Waals surface area contributed by atoms with Gasteiger partial charge in [-0.3, -0.25) is 0 Å². The predicted molar refractivity (Wildman–Crippen MR) is 83.1 cm³/mol. The molecule has 0 spiro atoms. The molecule has 1 aromatic carbocycles. The Labute approximate surface area is 123 Å². The molecule has 0 radical (unpaired) electrons. The van der Waals surface area contributed by atoms with Crippen molar-refractivity contribution >= 4 is 10.0 Å². The number of rotatable bonds is 8.